The van der Waals surface area contributed by atoms with Gasteiger partial charge in [-0.3, -0.25) is 0 Å². The van der Waals surface area contributed by atoms with Crippen LogP contribution in [-0.4, -0.2) is 62.9 Å². The molecule has 116 valence electrons. The first-order valence-electron chi connectivity index (χ1n) is 6.87. The summed E-state index contributed by atoms with van der Waals surface area (Å²) in [6.07, 6.45) is 2.91. The van der Waals surface area contributed by atoms with Crippen LogP contribution in [0.2, 0.25) is 0 Å². The lowest BCUT2D eigenvalue weighted by atomic mass is 10.3. The summed E-state index contributed by atoms with van der Waals surface area (Å²) in [6, 6.07) is 0. The SMILES string of the molecule is C(CCOCC1CO1)COCC1CO1.C=C(C)C(=O)O. The number of hydrogen-bond acceptors (Lipinski definition) is 5. The monoisotopic (exact) mass is 288 g/mol. The van der Waals surface area contributed by atoms with Gasteiger partial charge in [0.2, 0.25) is 0 Å². The molecule has 2 rings (SSSR count). The van der Waals surface area contributed by atoms with Gasteiger partial charge < -0.3 is 24.1 Å². The summed E-state index contributed by atoms with van der Waals surface area (Å²) in [6.45, 7) is 9.53. The molecule has 6 nitrogen and oxygen atoms in total. The van der Waals surface area contributed by atoms with E-state index in [4.69, 9.17) is 24.1 Å². The van der Waals surface area contributed by atoms with Gasteiger partial charge in [0, 0.05) is 18.8 Å². The molecule has 2 unspecified atom stereocenters. The molecule has 2 atom stereocenters. The fraction of sp³-hybridized carbons (Fsp3) is 0.786. The van der Waals surface area contributed by atoms with Crippen LogP contribution in [0.4, 0.5) is 0 Å². The first kappa shape index (κ1) is 17.1. The number of carboxylic acids is 1. The molecule has 0 bridgehead atoms. The van der Waals surface area contributed by atoms with E-state index in [0.29, 0.717) is 12.2 Å². The van der Waals surface area contributed by atoms with Crippen molar-refractivity contribution >= 4 is 5.97 Å². The molecule has 0 aromatic rings. The molecular weight excluding hydrogens is 264 g/mol. The van der Waals surface area contributed by atoms with Crippen LogP contribution in [0.1, 0.15) is 19.8 Å². The highest BCUT2D eigenvalue weighted by atomic mass is 16.6. The summed E-state index contributed by atoms with van der Waals surface area (Å²) >= 11 is 0. The van der Waals surface area contributed by atoms with Crippen LogP contribution in [0.15, 0.2) is 12.2 Å². The second-order valence-electron chi connectivity index (χ2n) is 4.85. The number of unbranched alkanes of at least 4 members (excludes halogenated alkanes) is 1. The second-order valence-corrected chi connectivity index (χ2v) is 4.85. The number of carboxylic acid groups (broad SMARTS) is 1. The summed E-state index contributed by atoms with van der Waals surface area (Å²) in [5.74, 6) is -0.935. The van der Waals surface area contributed by atoms with Crippen molar-refractivity contribution in [2.75, 3.05) is 39.6 Å². The lowest BCUT2D eigenvalue weighted by Crippen LogP contribution is -2.05. The third-order valence-electron chi connectivity index (χ3n) is 2.60. The van der Waals surface area contributed by atoms with E-state index < -0.39 is 5.97 Å². The van der Waals surface area contributed by atoms with Gasteiger partial charge in [-0.15, -0.1) is 0 Å². The van der Waals surface area contributed by atoms with Crippen LogP contribution >= 0.6 is 0 Å². The molecule has 2 fully saturated rings. The standard InChI is InChI=1S/C10H18O4.C4H6O2/c1(3-11-5-9-7-13-9)2-4-12-6-10-8-14-10;1-3(2)4(5)6/h9-10H,1-8H2;1H2,2H3,(H,5,6). The van der Waals surface area contributed by atoms with Crippen molar-refractivity contribution < 1.29 is 28.8 Å². The maximum absolute atomic E-state index is 9.60. The Labute approximate surface area is 119 Å². The van der Waals surface area contributed by atoms with Crippen LogP contribution in [0, 0.1) is 0 Å². The number of rotatable bonds is 10. The van der Waals surface area contributed by atoms with E-state index in [0.717, 1.165) is 52.5 Å². The molecule has 0 amide bonds. The van der Waals surface area contributed by atoms with E-state index in [1.165, 1.54) is 6.92 Å². The zero-order valence-electron chi connectivity index (χ0n) is 12.0. The van der Waals surface area contributed by atoms with E-state index in [2.05, 4.69) is 6.58 Å². The highest BCUT2D eigenvalue weighted by Gasteiger charge is 2.22. The lowest BCUT2D eigenvalue weighted by Gasteiger charge is -2.03. The molecule has 2 aliphatic rings. The summed E-state index contributed by atoms with van der Waals surface area (Å²) < 4.78 is 20.8. The Morgan fingerprint density at radius 2 is 1.50 bits per heavy atom. The molecule has 0 aromatic carbocycles. The van der Waals surface area contributed by atoms with E-state index in [1.807, 2.05) is 0 Å². The zero-order valence-corrected chi connectivity index (χ0v) is 12.0. The maximum atomic E-state index is 9.60. The van der Waals surface area contributed by atoms with Crippen LogP contribution in [0.5, 0.6) is 0 Å². The van der Waals surface area contributed by atoms with E-state index in [9.17, 15) is 4.79 Å². The topological polar surface area (TPSA) is 80.8 Å². The molecule has 6 heteroatoms. The number of hydrogen-bond donors (Lipinski definition) is 1. The van der Waals surface area contributed by atoms with Crippen molar-refractivity contribution in [1.29, 1.82) is 0 Å². The van der Waals surface area contributed by atoms with E-state index >= 15 is 0 Å². The minimum atomic E-state index is -0.935. The van der Waals surface area contributed by atoms with Crippen molar-refractivity contribution in [3.63, 3.8) is 0 Å². The van der Waals surface area contributed by atoms with E-state index in [1.54, 1.807) is 0 Å². The third-order valence-corrected chi connectivity index (χ3v) is 2.60. The van der Waals surface area contributed by atoms with Crippen molar-refractivity contribution in [1.82, 2.24) is 0 Å². The van der Waals surface area contributed by atoms with Gasteiger partial charge in [0.1, 0.15) is 12.2 Å². The van der Waals surface area contributed by atoms with Crippen LogP contribution < -0.4 is 0 Å². The summed E-state index contributed by atoms with van der Waals surface area (Å²) in [4.78, 5) is 9.60. The molecule has 0 radical (unpaired) electrons. The molecule has 2 aliphatic heterocycles. The van der Waals surface area contributed by atoms with Gasteiger partial charge in [-0.25, -0.2) is 4.79 Å². The Balaban J connectivity index is 0.000000286. The number of carbonyl (C=O) groups is 1. The van der Waals surface area contributed by atoms with Gasteiger partial charge in [0.15, 0.2) is 0 Å². The summed E-state index contributed by atoms with van der Waals surface area (Å²) in [5.41, 5.74) is 0.176. The average molecular weight is 288 g/mol. The Morgan fingerprint density at radius 1 is 1.15 bits per heavy atom. The molecule has 0 spiro atoms. The first-order valence-corrected chi connectivity index (χ1v) is 6.87. The Bertz CT molecular complexity index is 266. The fourth-order valence-electron chi connectivity index (χ4n) is 1.17. The van der Waals surface area contributed by atoms with Gasteiger partial charge in [-0.05, 0) is 19.8 Å². The number of epoxide rings is 2. The zero-order chi connectivity index (χ0) is 14.8. The smallest absolute Gasteiger partial charge is 0.330 e. The van der Waals surface area contributed by atoms with Crippen molar-refractivity contribution in [2.45, 2.75) is 32.0 Å². The van der Waals surface area contributed by atoms with Gasteiger partial charge in [0.05, 0.1) is 26.4 Å². The molecule has 1 N–H and O–H groups in total. The Kier molecular flexibility index (Phi) is 8.45. The van der Waals surface area contributed by atoms with E-state index in [-0.39, 0.29) is 5.57 Å². The van der Waals surface area contributed by atoms with Gasteiger partial charge in [-0.1, -0.05) is 6.58 Å². The number of aliphatic carboxylic acids is 1. The predicted molar refractivity (Wildman–Crippen MR) is 72.8 cm³/mol. The highest BCUT2D eigenvalue weighted by Crippen LogP contribution is 2.09. The third kappa shape index (κ3) is 10.9. The van der Waals surface area contributed by atoms with Gasteiger partial charge in [-0.2, -0.15) is 0 Å². The Morgan fingerprint density at radius 3 is 1.75 bits per heavy atom. The molecular formula is C14H24O6. The van der Waals surface area contributed by atoms with Crippen molar-refractivity contribution in [3.05, 3.63) is 12.2 Å². The minimum absolute atomic E-state index is 0.176. The molecule has 2 heterocycles. The minimum Gasteiger partial charge on any atom is -0.478 e. The first-order chi connectivity index (χ1) is 9.59. The normalized spacial score (nSPS) is 22.6. The number of ether oxygens (including phenoxy) is 4. The van der Waals surface area contributed by atoms with Gasteiger partial charge in [0.25, 0.3) is 0 Å². The molecule has 0 saturated carbocycles. The molecule has 0 aliphatic carbocycles. The molecule has 0 aromatic heterocycles. The largest absolute Gasteiger partial charge is 0.478 e. The van der Waals surface area contributed by atoms with Crippen molar-refractivity contribution in [3.8, 4) is 0 Å². The molecule has 2 saturated heterocycles. The Hall–Kier alpha value is -0.950. The molecule has 20 heavy (non-hydrogen) atoms. The predicted octanol–water partition coefficient (Wildman–Crippen LogP) is 1.24. The average Bonchev–Trinajstić information content (AvgIpc) is 3.27. The second kappa shape index (κ2) is 9.88. The van der Waals surface area contributed by atoms with Gasteiger partial charge >= 0.3 is 5.97 Å². The highest BCUT2D eigenvalue weighted by molar-refractivity contribution is 5.84. The summed E-state index contributed by atoms with van der Waals surface area (Å²) in [5, 5.41) is 7.89. The van der Waals surface area contributed by atoms with Crippen LogP contribution in [0.3, 0.4) is 0 Å². The van der Waals surface area contributed by atoms with Crippen molar-refractivity contribution in [2.24, 2.45) is 0 Å². The summed E-state index contributed by atoms with van der Waals surface area (Å²) in [7, 11) is 0. The lowest BCUT2D eigenvalue weighted by molar-refractivity contribution is -0.132. The van der Waals surface area contributed by atoms with Crippen LogP contribution in [-0.2, 0) is 23.7 Å². The fourth-order valence-corrected chi connectivity index (χ4v) is 1.17. The van der Waals surface area contributed by atoms with Crippen LogP contribution in [0.25, 0.3) is 0 Å². The quantitative estimate of drug-likeness (QED) is 0.370. The maximum Gasteiger partial charge on any atom is 0.330 e.